The number of hydrogen-bond donors (Lipinski definition) is 1. The summed E-state index contributed by atoms with van der Waals surface area (Å²) in [6.45, 7) is 10.5. The average molecular weight is 242 g/mol. The van der Waals surface area contributed by atoms with Crippen LogP contribution in [0.1, 0.15) is 20.3 Å². The van der Waals surface area contributed by atoms with Crippen LogP contribution in [-0.4, -0.2) is 63.0 Å². The number of piperidine rings is 1. The van der Waals surface area contributed by atoms with Gasteiger partial charge >= 0.3 is 0 Å². The topological polar surface area (TPSA) is 33.7 Å². The Kier molecular flexibility index (Phi) is 4.42. The Labute approximate surface area is 105 Å². The molecule has 2 fully saturated rings. The summed E-state index contributed by atoms with van der Waals surface area (Å²) in [7, 11) is 1.82. The second-order valence-electron chi connectivity index (χ2n) is 5.74. The first-order valence-corrected chi connectivity index (χ1v) is 6.73. The fourth-order valence-corrected chi connectivity index (χ4v) is 2.61. The van der Waals surface area contributed by atoms with E-state index in [2.05, 4.69) is 24.1 Å². The molecular weight excluding hydrogens is 216 g/mol. The van der Waals surface area contributed by atoms with Crippen molar-refractivity contribution in [2.24, 2.45) is 5.92 Å². The molecule has 0 aliphatic carbocycles. The van der Waals surface area contributed by atoms with Crippen LogP contribution in [0.5, 0.6) is 0 Å². The van der Waals surface area contributed by atoms with Gasteiger partial charge in [0.1, 0.15) is 0 Å². The van der Waals surface area contributed by atoms with Crippen molar-refractivity contribution in [3.63, 3.8) is 0 Å². The van der Waals surface area contributed by atoms with Crippen LogP contribution >= 0.6 is 0 Å². The molecule has 0 radical (unpaired) electrons. The number of ether oxygens (including phenoxy) is 2. The molecule has 2 heterocycles. The lowest BCUT2D eigenvalue weighted by atomic mass is 9.96. The third-order valence-electron chi connectivity index (χ3n) is 4.13. The van der Waals surface area contributed by atoms with Crippen molar-refractivity contribution in [2.45, 2.75) is 32.0 Å². The van der Waals surface area contributed by atoms with Crippen molar-refractivity contribution >= 4 is 0 Å². The zero-order chi connectivity index (χ0) is 12.3. The van der Waals surface area contributed by atoms with E-state index in [1.165, 1.54) is 13.0 Å². The van der Waals surface area contributed by atoms with Crippen molar-refractivity contribution < 1.29 is 9.47 Å². The molecule has 2 unspecified atom stereocenters. The van der Waals surface area contributed by atoms with Crippen molar-refractivity contribution in [3.8, 4) is 0 Å². The molecule has 2 rings (SSSR count). The largest absolute Gasteiger partial charge is 0.380 e. The lowest BCUT2D eigenvalue weighted by Gasteiger charge is -2.40. The predicted molar refractivity (Wildman–Crippen MR) is 68.2 cm³/mol. The maximum absolute atomic E-state index is 5.92. The molecule has 2 atom stereocenters. The van der Waals surface area contributed by atoms with E-state index in [1.807, 2.05) is 7.11 Å². The standard InChI is InChI=1S/C13H26N2O2/c1-11-4-5-15(8-12(11)16-3)6-7-17-13(2)9-14-10-13/h11-12,14H,4-10H2,1-3H3. The summed E-state index contributed by atoms with van der Waals surface area (Å²) < 4.78 is 11.4. The number of likely N-dealkylation sites (tertiary alicyclic amines) is 1. The van der Waals surface area contributed by atoms with Gasteiger partial charge in [-0.2, -0.15) is 0 Å². The predicted octanol–water partition coefficient (Wildman–Crippen LogP) is 0.722. The quantitative estimate of drug-likeness (QED) is 0.770. The molecule has 2 aliphatic rings. The normalized spacial score (nSPS) is 33.4. The summed E-state index contributed by atoms with van der Waals surface area (Å²) in [5.74, 6) is 0.686. The minimum absolute atomic E-state index is 0.0870. The van der Waals surface area contributed by atoms with Crippen LogP contribution in [0.2, 0.25) is 0 Å². The van der Waals surface area contributed by atoms with Crippen LogP contribution in [0.4, 0.5) is 0 Å². The summed E-state index contributed by atoms with van der Waals surface area (Å²) in [5.41, 5.74) is 0.0870. The number of rotatable bonds is 5. The molecule has 4 heteroatoms. The van der Waals surface area contributed by atoms with Gasteiger partial charge in [-0.1, -0.05) is 6.92 Å². The van der Waals surface area contributed by atoms with Gasteiger partial charge < -0.3 is 14.8 Å². The number of hydrogen-bond acceptors (Lipinski definition) is 4. The molecule has 0 saturated carbocycles. The van der Waals surface area contributed by atoms with E-state index in [9.17, 15) is 0 Å². The molecule has 0 aromatic rings. The van der Waals surface area contributed by atoms with Crippen LogP contribution in [0.25, 0.3) is 0 Å². The Balaban J connectivity index is 1.65. The Morgan fingerprint density at radius 1 is 1.41 bits per heavy atom. The highest BCUT2D eigenvalue weighted by Gasteiger charge is 2.32. The summed E-state index contributed by atoms with van der Waals surface area (Å²) in [4.78, 5) is 2.46. The summed E-state index contributed by atoms with van der Waals surface area (Å²) >= 11 is 0. The molecule has 17 heavy (non-hydrogen) atoms. The molecular formula is C13H26N2O2. The second kappa shape index (κ2) is 5.65. The van der Waals surface area contributed by atoms with Gasteiger partial charge in [0.15, 0.2) is 0 Å². The molecule has 100 valence electrons. The fourth-order valence-electron chi connectivity index (χ4n) is 2.61. The minimum Gasteiger partial charge on any atom is -0.380 e. The number of methoxy groups -OCH3 is 1. The maximum atomic E-state index is 5.92. The van der Waals surface area contributed by atoms with Gasteiger partial charge in [-0.3, -0.25) is 4.90 Å². The molecule has 0 amide bonds. The van der Waals surface area contributed by atoms with E-state index in [4.69, 9.17) is 9.47 Å². The van der Waals surface area contributed by atoms with Gasteiger partial charge in [-0.05, 0) is 25.8 Å². The Bertz CT molecular complexity index is 244. The lowest BCUT2D eigenvalue weighted by molar-refractivity contribution is -0.0798. The van der Waals surface area contributed by atoms with Crippen molar-refractivity contribution in [2.75, 3.05) is 46.4 Å². The first kappa shape index (κ1) is 13.3. The fraction of sp³-hybridized carbons (Fsp3) is 1.00. The van der Waals surface area contributed by atoms with E-state index in [-0.39, 0.29) is 5.60 Å². The molecule has 0 aromatic heterocycles. The smallest absolute Gasteiger partial charge is 0.0902 e. The van der Waals surface area contributed by atoms with E-state index in [0.717, 1.165) is 32.8 Å². The van der Waals surface area contributed by atoms with Crippen LogP contribution in [0.15, 0.2) is 0 Å². The summed E-state index contributed by atoms with van der Waals surface area (Å²) in [6, 6.07) is 0. The van der Waals surface area contributed by atoms with Gasteiger partial charge in [0, 0.05) is 33.3 Å². The van der Waals surface area contributed by atoms with Gasteiger partial charge in [-0.15, -0.1) is 0 Å². The van der Waals surface area contributed by atoms with Crippen molar-refractivity contribution in [1.29, 1.82) is 0 Å². The maximum Gasteiger partial charge on any atom is 0.0902 e. The van der Waals surface area contributed by atoms with Crippen molar-refractivity contribution in [1.82, 2.24) is 10.2 Å². The van der Waals surface area contributed by atoms with Gasteiger partial charge in [0.25, 0.3) is 0 Å². The third kappa shape index (κ3) is 3.41. The summed E-state index contributed by atoms with van der Waals surface area (Å²) in [6.07, 6.45) is 1.63. The Morgan fingerprint density at radius 2 is 2.18 bits per heavy atom. The lowest BCUT2D eigenvalue weighted by Crippen LogP contribution is -2.59. The van der Waals surface area contributed by atoms with Crippen LogP contribution in [0.3, 0.4) is 0 Å². The van der Waals surface area contributed by atoms with Crippen LogP contribution < -0.4 is 5.32 Å². The van der Waals surface area contributed by atoms with Crippen LogP contribution in [-0.2, 0) is 9.47 Å². The van der Waals surface area contributed by atoms with Gasteiger partial charge in [-0.25, -0.2) is 0 Å². The first-order valence-electron chi connectivity index (χ1n) is 6.73. The van der Waals surface area contributed by atoms with E-state index < -0.39 is 0 Å². The first-order chi connectivity index (χ1) is 8.13. The zero-order valence-electron chi connectivity index (χ0n) is 11.4. The molecule has 2 aliphatic heterocycles. The number of nitrogens with zero attached hydrogens (tertiary/aromatic N) is 1. The SMILES string of the molecule is COC1CN(CCOC2(C)CNC2)CCC1C. The monoisotopic (exact) mass is 242 g/mol. The van der Waals surface area contributed by atoms with E-state index in [0.29, 0.717) is 12.0 Å². The molecule has 1 N–H and O–H groups in total. The molecule has 4 nitrogen and oxygen atoms in total. The Morgan fingerprint density at radius 3 is 2.76 bits per heavy atom. The zero-order valence-corrected chi connectivity index (χ0v) is 11.4. The second-order valence-corrected chi connectivity index (χ2v) is 5.74. The van der Waals surface area contributed by atoms with E-state index >= 15 is 0 Å². The highest BCUT2D eigenvalue weighted by atomic mass is 16.5. The summed E-state index contributed by atoms with van der Waals surface area (Å²) in [5, 5.41) is 3.25. The highest BCUT2D eigenvalue weighted by Crippen LogP contribution is 2.20. The van der Waals surface area contributed by atoms with E-state index in [1.54, 1.807) is 0 Å². The molecule has 0 bridgehead atoms. The van der Waals surface area contributed by atoms with Crippen molar-refractivity contribution in [3.05, 3.63) is 0 Å². The van der Waals surface area contributed by atoms with Gasteiger partial charge in [0.2, 0.25) is 0 Å². The molecule has 0 spiro atoms. The highest BCUT2D eigenvalue weighted by molar-refractivity contribution is 4.90. The average Bonchev–Trinajstić information content (AvgIpc) is 2.29. The minimum atomic E-state index is 0.0870. The number of nitrogens with one attached hydrogen (secondary N) is 1. The Hall–Kier alpha value is -0.160. The molecule has 0 aromatic carbocycles. The third-order valence-corrected chi connectivity index (χ3v) is 4.13. The molecule has 2 saturated heterocycles. The van der Waals surface area contributed by atoms with Gasteiger partial charge in [0.05, 0.1) is 18.3 Å². The van der Waals surface area contributed by atoms with Crippen LogP contribution in [0, 0.1) is 5.92 Å².